The molecule has 0 bridgehead atoms. The second kappa shape index (κ2) is 19.0. The number of hydrogen-bond acceptors (Lipinski definition) is 9. The van der Waals surface area contributed by atoms with Crippen molar-refractivity contribution in [2.45, 2.75) is 37.5 Å². The average molecular weight is 784 g/mol. The van der Waals surface area contributed by atoms with Crippen LogP contribution in [0.1, 0.15) is 53.6 Å². The number of amides is 2. The summed E-state index contributed by atoms with van der Waals surface area (Å²) in [6.45, 7) is 7.51. The minimum atomic E-state index is -0.628. The molecule has 0 spiro atoms. The molecule has 0 aromatic heterocycles. The van der Waals surface area contributed by atoms with Gasteiger partial charge in [-0.15, -0.1) is 0 Å². The molecule has 1 atom stereocenters. The number of halogens is 2. The Morgan fingerprint density at radius 2 is 1.46 bits per heavy atom. The number of nitrogens with zero attached hydrogens (tertiary/aromatic N) is 4. The summed E-state index contributed by atoms with van der Waals surface area (Å²) in [6.07, 6.45) is 2.13. The molecule has 0 saturated carbocycles. The van der Waals surface area contributed by atoms with Crippen molar-refractivity contribution in [1.29, 1.82) is 0 Å². The largest absolute Gasteiger partial charge is 0.493 e. The molecular weight excluding hydrogens is 731 g/mol. The molecule has 0 unspecified atom stereocenters. The zero-order chi connectivity index (χ0) is 38.8. The zero-order valence-electron chi connectivity index (χ0n) is 31.9. The maximum Gasteiger partial charge on any atom is 0.320 e. The summed E-state index contributed by atoms with van der Waals surface area (Å²) in [6, 6.07) is 19.1. The van der Waals surface area contributed by atoms with Crippen molar-refractivity contribution < 1.29 is 33.3 Å². The maximum atomic E-state index is 14.5. The third-order valence-electron chi connectivity index (χ3n) is 10.7. The summed E-state index contributed by atoms with van der Waals surface area (Å²) >= 11 is 12.8. The highest BCUT2D eigenvalue weighted by Crippen LogP contribution is 2.40. The van der Waals surface area contributed by atoms with E-state index >= 15 is 0 Å². The van der Waals surface area contributed by atoms with E-state index in [1.165, 1.54) is 21.3 Å². The summed E-state index contributed by atoms with van der Waals surface area (Å²) in [7, 11) is 6.35. The van der Waals surface area contributed by atoms with Crippen molar-refractivity contribution in [2.75, 3.05) is 93.9 Å². The summed E-state index contributed by atoms with van der Waals surface area (Å²) in [5.41, 5.74) is 1.82. The summed E-state index contributed by atoms with van der Waals surface area (Å²) in [4.78, 5) is 48.5. The predicted octanol–water partition coefficient (Wildman–Crippen LogP) is 6.01. The monoisotopic (exact) mass is 782 g/mol. The molecule has 5 rings (SSSR count). The molecule has 2 amide bonds. The van der Waals surface area contributed by atoms with Crippen LogP contribution in [0, 0.1) is 0 Å². The number of carbonyl (C=O) groups is 3. The number of benzene rings is 3. The predicted molar refractivity (Wildman–Crippen MR) is 210 cm³/mol. The maximum absolute atomic E-state index is 14.5. The van der Waals surface area contributed by atoms with E-state index in [1.54, 1.807) is 37.1 Å². The van der Waals surface area contributed by atoms with E-state index in [9.17, 15) is 14.4 Å². The van der Waals surface area contributed by atoms with Gasteiger partial charge in [-0.1, -0.05) is 59.6 Å². The van der Waals surface area contributed by atoms with Gasteiger partial charge in [-0.3, -0.25) is 19.3 Å². The Labute approximate surface area is 329 Å². The molecule has 2 fully saturated rings. The second-order valence-electron chi connectivity index (χ2n) is 13.9. The molecular formula is C41H52Cl2N4O7. The number of methoxy groups -OCH3 is 3. The Bertz CT molecular complexity index is 1720. The lowest BCUT2D eigenvalue weighted by Crippen LogP contribution is -2.57. The van der Waals surface area contributed by atoms with Gasteiger partial charge in [0, 0.05) is 51.3 Å². The molecule has 3 aromatic carbocycles. The quantitative estimate of drug-likeness (QED) is 0.172. The van der Waals surface area contributed by atoms with Crippen molar-refractivity contribution >= 4 is 41.0 Å². The van der Waals surface area contributed by atoms with Gasteiger partial charge in [0.15, 0.2) is 11.5 Å². The second-order valence-corrected chi connectivity index (χ2v) is 14.7. The molecule has 292 valence electrons. The van der Waals surface area contributed by atoms with E-state index in [0.717, 1.165) is 37.2 Å². The van der Waals surface area contributed by atoms with Gasteiger partial charge >= 0.3 is 5.97 Å². The smallest absolute Gasteiger partial charge is 0.320 e. The third-order valence-corrected chi connectivity index (χ3v) is 11.5. The molecule has 0 aliphatic carbocycles. The van der Waals surface area contributed by atoms with E-state index in [0.29, 0.717) is 85.0 Å². The molecule has 3 aromatic rings. The van der Waals surface area contributed by atoms with E-state index in [1.807, 2.05) is 35.2 Å². The molecule has 11 nitrogen and oxygen atoms in total. The molecule has 0 radical (unpaired) electrons. The fourth-order valence-electron chi connectivity index (χ4n) is 7.65. The van der Waals surface area contributed by atoms with Gasteiger partial charge in [-0.25, -0.2) is 0 Å². The number of likely N-dealkylation sites (tertiary alicyclic amines) is 1. The van der Waals surface area contributed by atoms with Gasteiger partial charge in [0.1, 0.15) is 0 Å². The molecule has 0 N–H and O–H groups in total. The standard InChI is InChI=1S/C41H52Cl2N4O7/c1-6-54-37(48)28-46-20-22-47(23-21-46)40(50)41(32-10-8-7-9-11-32)15-18-45(19-16-41)17-14-30(29-12-13-33(42)34(43)24-29)27-44(2)39(49)31-25-35(51-3)38(53-5)36(26-31)52-4/h7-13,24-26,30H,6,14-23,27-28H2,1-5H3/t30-/m1/s1. The number of esters is 1. The van der Waals surface area contributed by atoms with E-state index < -0.39 is 5.41 Å². The number of rotatable bonds is 15. The fraction of sp³-hybridized carbons (Fsp3) is 0.488. The first-order chi connectivity index (χ1) is 26.0. The summed E-state index contributed by atoms with van der Waals surface area (Å²) < 4.78 is 21.6. The van der Waals surface area contributed by atoms with Crippen LogP contribution in [-0.2, 0) is 19.7 Å². The fourth-order valence-corrected chi connectivity index (χ4v) is 7.96. The molecule has 54 heavy (non-hydrogen) atoms. The summed E-state index contributed by atoms with van der Waals surface area (Å²) in [5, 5.41) is 0.933. The molecule has 2 saturated heterocycles. The Balaban J connectivity index is 1.28. The number of likely N-dealkylation sites (N-methyl/N-ethyl adjacent to an activating group) is 1. The zero-order valence-corrected chi connectivity index (χ0v) is 33.5. The lowest BCUT2D eigenvalue weighted by Gasteiger charge is -2.45. The highest BCUT2D eigenvalue weighted by Gasteiger charge is 2.45. The Kier molecular flexibility index (Phi) is 14.5. The SMILES string of the molecule is CCOC(=O)CN1CCN(C(=O)C2(c3ccccc3)CCN(CC[C@H](CN(C)C(=O)c3cc(OC)c(OC)c(OC)c3)c3ccc(Cl)c(Cl)c3)CC2)CC1. The van der Waals surface area contributed by atoms with Crippen LogP contribution in [-0.4, -0.2) is 131 Å². The number of piperidine rings is 1. The van der Waals surface area contributed by atoms with Crippen molar-refractivity contribution in [1.82, 2.24) is 19.6 Å². The third kappa shape index (κ3) is 9.60. The average Bonchev–Trinajstić information content (AvgIpc) is 3.20. The first-order valence-electron chi connectivity index (χ1n) is 18.5. The highest BCUT2D eigenvalue weighted by molar-refractivity contribution is 6.42. The first kappa shape index (κ1) is 41.1. The molecule has 2 aliphatic rings. The Morgan fingerprint density at radius 3 is 2.04 bits per heavy atom. The van der Waals surface area contributed by atoms with Gasteiger partial charge in [0.25, 0.3) is 5.91 Å². The van der Waals surface area contributed by atoms with Gasteiger partial charge in [0.05, 0.1) is 49.9 Å². The number of hydrogen-bond donors (Lipinski definition) is 0. The van der Waals surface area contributed by atoms with E-state index in [-0.39, 0.29) is 30.2 Å². The van der Waals surface area contributed by atoms with Crippen LogP contribution in [0.3, 0.4) is 0 Å². The molecule has 2 heterocycles. The molecule has 2 aliphatic heterocycles. The van der Waals surface area contributed by atoms with Crippen molar-refractivity contribution in [3.8, 4) is 17.2 Å². The van der Waals surface area contributed by atoms with Gasteiger partial charge < -0.3 is 33.6 Å². The topological polar surface area (TPSA) is 101 Å². The number of carbonyl (C=O) groups excluding carboxylic acids is 3. The highest BCUT2D eigenvalue weighted by atomic mass is 35.5. The van der Waals surface area contributed by atoms with Crippen molar-refractivity contribution in [3.05, 3.63) is 87.4 Å². The molecule has 13 heteroatoms. The van der Waals surface area contributed by atoms with Crippen molar-refractivity contribution in [3.63, 3.8) is 0 Å². The first-order valence-corrected chi connectivity index (χ1v) is 19.2. The number of ether oxygens (including phenoxy) is 4. The Hall–Kier alpha value is -4.03. The normalized spacial score (nSPS) is 16.7. The van der Waals surface area contributed by atoms with Crippen LogP contribution in [0.4, 0.5) is 0 Å². The van der Waals surface area contributed by atoms with E-state index in [2.05, 4.69) is 21.9 Å². The van der Waals surface area contributed by atoms with Crippen LogP contribution < -0.4 is 14.2 Å². The van der Waals surface area contributed by atoms with E-state index in [4.69, 9.17) is 42.1 Å². The van der Waals surface area contributed by atoms with Gasteiger partial charge in [-0.2, -0.15) is 0 Å². The van der Waals surface area contributed by atoms with Gasteiger partial charge in [0.2, 0.25) is 11.7 Å². The number of piperazine rings is 1. The van der Waals surface area contributed by atoms with Crippen LogP contribution >= 0.6 is 23.2 Å². The van der Waals surface area contributed by atoms with Crippen molar-refractivity contribution in [2.24, 2.45) is 0 Å². The Morgan fingerprint density at radius 1 is 0.815 bits per heavy atom. The van der Waals surface area contributed by atoms with Gasteiger partial charge in [-0.05, 0) is 81.2 Å². The van der Waals surface area contributed by atoms with Crippen LogP contribution in [0.5, 0.6) is 17.2 Å². The lowest BCUT2D eigenvalue weighted by atomic mass is 9.71. The van der Waals surface area contributed by atoms with Crippen LogP contribution in [0.2, 0.25) is 10.0 Å². The minimum Gasteiger partial charge on any atom is -0.493 e. The lowest BCUT2D eigenvalue weighted by molar-refractivity contribution is -0.146. The van der Waals surface area contributed by atoms with Crippen LogP contribution in [0.15, 0.2) is 60.7 Å². The minimum absolute atomic E-state index is 0.0518. The summed E-state index contributed by atoms with van der Waals surface area (Å²) in [5.74, 6) is 0.908. The van der Waals surface area contributed by atoms with Crippen LogP contribution in [0.25, 0.3) is 0 Å².